The van der Waals surface area contributed by atoms with Gasteiger partial charge in [-0.15, -0.1) is 0 Å². The Kier molecular flexibility index (Phi) is 12.0. The number of methoxy groups -OCH3 is 1. The fourth-order valence-corrected chi connectivity index (χ4v) is 5.48. The van der Waals surface area contributed by atoms with Gasteiger partial charge in [0.25, 0.3) is 0 Å². The minimum atomic E-state index is -1.30. The maximum atomic E-state index is 13.6. The summed E-state index contributed by atoms with van der Waals surface area (Å²) in [6.07, 6.45) is -6.06. The van der Waals surface area contributed by atoms with Crippen LogP contribution < -0.4 is 0 Å². The van der Waals surface area contributed by atoms with Gasteiger partial charge in [-0.05, 0) is 79.0 Å². The second-order valence-electron chi connectivity index (χ2n) is 15.7. The molecule has 0 aromatic heterocycles. The number of rotatable bonds is 10. The van der Waals surface area contributed by atoms with Crippen LogP contribution in [0.2, 0.25) is 0 Å². The molecule has 50 heavy (non-hydrogen) atoms. The van der Waals surface area contributed by atoms with E-state index in [1.54, 1.807) is 62.3 Å². The third kappa shape index (κ3) is 8.81. The molecule has 4 rings (SSSR count). The van der Waals surface area contributed by atoms with Crippen LogP contribution >= 0.6 is 0 Å². The molecule has 9 nitrogen and oxygen atoms in total. The number of hydrogen-bond donors (Lipinski definition) is 0. The van der Waals surface area contributed by atoms with Crippen LogP contribution in [0.25, 0.3) is 0 Å². The second-order valence-corrected chi connectivity index (χ2v) is 15.7. The number of esters is 3. The van der Waals surface area contributed by atoms with E-state index in [4.69, 9.17) is 28.4 Å². The van der Waals surface area contributed by atoms with Gasteiger partial charge in [-0.2, -0.15) is 0 Å². The van der Waals surface area contributed by atoms with Crippen molar-refractivity contribution in [2.75, 3.05) is 13.7 Å². The van der Waals surface area contributed by atoms with Crippen molar-refractivity contribution in [3.8, 4) is 0 Å². The quantitative estimate of drug-likeness (QED) is 0.124. The van der Waals surface area contributed by atoms with E-state index in [9.17, 15) is 14.4 Å². The van der Waals surface area contributed by atoms with Crippen molar-refractivity contribution in [2.45, 2.75) is 98.6 Å². The molecule has 9 heteroatoms. The highest BCUT2D eigenvalue weighted by Gasteiger charge is 2.55. The van der Waals surface area contributed by atoms with Gasteiger partial charge in [-0.1, -0.05) is 91.0 Å². The molecule has 0 aliphatic carbocycles. The van der Waals surface area contributed by atoms with Gasteiger partial charge in [-0.3, -0.25) is 14.4 Å². The lowest BCUT2D eigenvalue weighted by atomic mass is 9.80. The Labute approximate surface area is 296 Å². The largest absolute Gasteiger partial charge is 0.455 e. The van der Waals surface area contributed by atoms with Gasteiger partial charge in [0.05, 0.1) is 22.9 Å². The summed E-state index contributed by atoms with van der Waals surface area (Å²) in [4.78, 5) is 40.5. The molecule has 0 N–H and O–H groups in total. The summed E-state index contributed by atoms with van der Waals surface area (Å²) in [6, 6.07) is 29.4. The van der Waals surface area contributed by atoms with Crippen molar-refractivity contribution in [2.24, 2.45) is 16.2 Å². The molecule has 1 aliphatic rings. The van der Waals surface area contributed by atoms with Crippen LogP contribution in [0, 0.1) is 16.2 Å². The first kappa shape index (κ1) is 38.7. The Morgan fingerprint density at radius 1 is 0.540 bits per heavy atom. The molecule has 1 fully saturated rings. The zero-order chi connectivity index (χ0) is 36.9. The van der Waals surface area contributed by atoms with E-state index in [-0.39, 0.29) is 6.61 Å². The van der Waals surface area contributed by atoms with Gasteiger partial charge in [0.1, 0.15) is 11.7 Å². The smallest absolute Gasteiger partial charge is 0.311 e. The molecule has 0 bridgehead atoms. The molecule has 1 saturated heterocycles. The predicted octanol–water partition coefficient (Wildman–Crippen LogP) is 7.24. The highest BCUT2D eigenvalue weighted by atomic mass is 16.7. The minimum absolute atomic E-state index is 0.149. The molecule has 0 saturated carbocycles. The van der Waals surface area contributed by atoms with Gasteiger partial charge >= 0.3 is 17.9 Å². The van der Waals surface area contributed by atoms with Crippen LogP contribution in [0.5, 0.6) is 0 Å². The number of carbonyl (C=O) groups excluding carboxylic acids is 3. The molecule has 3 aromatic carbocycles. The Morgan fingerprint density at radius 3 is 1.22 bits per heavy atom. The van der Waals surface area contributed by atoms with Crippen molar-refractivity contribution >= 4 is 17.9 Å². The summed E-state index contributed by atoms with van der Waals surface area (Å²) < 4.78 is 37.7. The second kappa shape index (κ2) is 15.5. The van der Waals surface area contributed by atoms with Crippen LogP contribution in [0.4, 0.5) is 0 Å². The van der Waals surface area contributed by atoms with E-state index in [1.807, 2.05) is 91.0 Å². The van der Waals surface area contributed by atoms with Gasteiger partial charge in [0, 0.05) is 7.11 Å². The number of carbonyl (C=O) groups is 3. The van der Waals surface area contributed by atoms with E-state index < -0.39 is 70.5 Å². The Balaban J connectivity index is 1.88. The molecule has 5 atom stereocenters. The van der Waals surface area contributed by atoms with Crippen molar-refractivity contribution in [3.05, 3.63) is 108 Å². The fourth-order valence-electron chi connectivity index (χ4n) is 5.48. The minimum Gasteiger partial charge on any atom is -0.455 e. The third-order valence-electron chi connectivity index (χ3n) is 8.40. The Bertz CT molecular complexity index is 1470. The van der Waals surface area contributed by atoms with Crippen LogP contribution in [0.15, 0.2) is 91.0 Å². The van der Waals surface area contributed by atoms with E-state index in [0.717, 1.165) is 16.7 Å². The number of ether oxygens (including phenoxy) is 6. The lowest BCUT2D eigenvalue weighted by Gasteiger charge is -2.46. The van der Waals surface area contributed by atoms with Crippen LogP contribution in [-0.2, 0) is 48.4 Å². The molecular weight excluding hydrogens is 636 g/mol. The number of hydrogen-bond acceptors (Lipinski definition) is 9. The summed E-state index contributed by atoms with van der Waals surface area (Å²) in [7, 11) is 1.41. The first-order valence-corrected chi connectivity index (χ1v) is 17.0. The molecule has 1 heterocycles. The van der Waals surface area contributed by atoms with Crippen LogP contribution in [-0.4, -0.2) is 62.3 Å². The SMILES string of the molecule is CO[C@H]1OC(COC(c2ccccc2)(c2ccccc2)c2ccccc2)[C@@H](OC(=O)C(C)(C)C)[C@@H](OC(=O)C(C)(C)C)C1OC(=O)C(C)(C)C. The van der Waals surface area contributed by atoms with E-state index >= 15 is 0 Å². The fraction of sp³-hybridized carbons (Fsp3) is 0.488. The maximum absolute atomic E-state index is 13.6. The van der Waals surface area contributed by atoms with E-state index in [0.29, 0.717) is 0 Å². The van der Waals surface area contributed by atoms with Crippen molar-refractivity contribution in [1.82, 2.24) is 0 Å². The lowest BCUT2D eigenvalue weighted by molar-refractivity contribution is -0.309. The Morgan fingerprint density at radius 2 is 0.880 bits per heavy atom. The van der Waals surface area contributed by atoms with Crippen molar-refractivity contribution < 1.29 is 42.8 Å². The summed E-state index contributed by atoms with van der Waals surface area (Å²) in [5, 5.41) is 0. The summed E-state index contributed by atoms with van der Waals surface area (Å²) >= 11 is 0. The van der Waals surface area contributed by atoms with Crippen LogP contribution in [0.3, 0.4) is 0 Å². The molecule has 270 valence electrons. The highest BCUT2D eigenvalue weighted by molar-refractivity contribution is 5.77. The van der Waals surface area contributed by atoms with Crippen molar-refractivity contribution in [1.29, 1.82) is 0 Å². The highest BCUT2D eigenvalue weighted by Crippen LogP contribution is 2.42. The van der Waals surface area contributed by atoms with Crippen molar-refractivity contribution in [3.63, 3.8) is 0 Å². The topological polar surface area (TPSA) is 107 Å². The first-order valence-electron chi connectivity index (χ1n) is 17.0. The van der Waals surface area contributed by atoms with E-state index in [1.165, 1.54) is 7.11 Å². The molecule has 2 unspecified atom stereocenters. The summed E-state index contributed by atoms with van der Waals surface area (Å²) in [5.74, 6) is -1.72. The monoisotopic (exact) mass is 688 g/mol. The zero-order valence-corrected chi connectivity index (χ0v) is 30.9. The average Bonchev–Trinajstić information content (AvgIpc) is 3.07. The van der Waals surface area contributed by atoms with Gasteiger partial charge in [0.15, 0.2) is 24.6 Å². The summed E-state index contributed by atoms with van der Waals surface area (Å²) in [6.45, 7) is 15.3. The molecule has 0 spiro atoms. The normalized spacial score (nSPS) is 21.6. The molecule has 1 aliphatic heterocycles. The molecule has 0 amide bonds. The van der Waals surface area contributed by atoms with E-state index in [2.05, 4.69) is 0 Å². The summed E-state index contributed by atoms with van der Waals surface area (Å²) in [5.41, 5.74) is -1.35. The Hall–Kier alpha value is -4.05. The standard InChI is InChI=1S/C41H52O9/c1-38(2,3)35(42)48-31-30(47-34(45-10)33(50-37(44)40(7,8)9)32(31)49-36(43)39(4,5)6)26-46-41(27-20-14-11-15-21-27,28-22-16-12-17-23-28)29-24-18-13-19-25-29/h11-25,30-34H,26H2,1-10H3/t30?,31-,32-,33?,34+/m1/s1. The molecule has 0 radical (unpaired) electrons. The van der Waals surface area contributed by atoms with Gasteiger partial charge in [0.2, 0.25) is 0 Å². The molecule has 3 aromatic rings. The third-order valence-corrected chi connectivity index (χ3v) is 8.40. The average molecular weight is 689 g/mol. The molecular formula is C41H52O9. The lowest BCUT2D eigenvalue weighted by Crippen LogP contribution is -2.64. The zero-order valence-electron chi connectivity index (χ0n) is 30.9. The maximum Gasteiger partial charge on any atom is 0.311 e. The van der Waals surface area contributed by atoms with Crippen LogP contribution in [0.1, 0.15) is 79.0 Å². The van der Waals surface area contributed by atoms with Gasteiger partial charge < -0.3 is 28.4 Å². The first-order chi connectivity index (χ1) is 23.4. The van der Waals surface area contributed by atoms with Gasteiger partial charge in [-0.25, -0.2) is 0 Å². The predicted molar refractivity (Wildman–Crippen MR) is 189 cm³/mol. The number of benzene rings is 3.